The lowest BCUT2D eigenvalue weighted by Crippen LogP contribution is -2.13. The fraction of sp³-hybridized carbons (Fsp3) is 0.455. The average molecular weight is 275 g/mol. The molecule has 0 fully saturated rings. The summed E-state index contributed by atoms with van der Waals surface area (Å²) in [6, 6.07) is 6.79. The molecule has 4 nitrogen and oxygen atoms in total. The van der Waals surface area contributed by atoms with Crippen LogP contribution in [0.25, 0.3) is 0 Å². The lowest BCUT2D eigenvalue weighted by Gasteiger charge is -2.10. The Bertz CT molecular complexity index is 497. The number of sulfone groups is 1. The van der Waals surface area contributed by atoms with Crippen LogP contribution in [0.4, 0.5) is 5.69 Å². The molecule has 0 heterocycles. The van der Waals surface area contributed by atoms with Gasteiger partial charge in [0.25, 0.3) is 0 Å². The zero-order valence-corrected chi connectivity index (χ0v) is 11.6. The second-order valence-corrected chi connectivity index (χ2v) is 7.40. The van der Waals surface area contributed by atoms with Crippen molar-refractivity contribution in [1.29, 1.82) is 0 Å². The van der Waals surface area contributed by atoms with Gasteiger partial charge in [-0.3, -0.25) is 4.21 Å². The quantitative estimate of drug-likeness (QED) is 0.849. The molecule has 0 saturated carbocycles. The molecule has 0 saturated heterocycles. The highest BCUT2D eigenvalue weighted by atomic mass is 32.2. The summed E-state index contributed by atoms with van der Waals surface area (Å²) in [5, 5.41) is 3.01. The predicted octanol–water partition coefficient (Wildman–Crippen LogP) is 1.27. The molecule has 1 atom stereocenters. The van der Waals surface area contributed by atoms with Gasteiger partial charge in [-0.05, 0) is 12.1 Å². The van der Waals surface area contributed by atoms with Gasteiger partial charge >= 0.3 is 0 Å². The first-order valence-corrected chi connectivity index (χ1v) is 8.71. The number of rotatable bonds is 6. The van der Waals surface area contributed by atoms with Gasteiger partial charge in [-0.25, -0.2) is 8.42 Å². The molecule has 0 bridgehead atoms. The molecule has 0 aromatic heterocycles. The standard InChI is InChI=1S/C11H17NO3S2/c1-3-17(14,15)11-7-5-4-6-10(11)12-8-9-16(2)13/h4-7,12H,3,8-9H2,1-2H3. The second-order valence-electron chi connectivity index (χ2n) is 3.60. The summed E-state index contributed by atoms with van der Waals surface area (Å²) < 4.78 is 34.6. The van der Waals surface area contributed by atoms with Crippen molar-refractivity contribution in [2.24, 2.45) is 0 Å². The number of nitrogens with one attached hydrogen (secondary N) is 1. The van der Waals surface area contributed by atoms with Gasteiger partial charge in [0, 0.05) is 29.4 Å². The van der Waals surface area contributed by atoms with E-state index < -0.39 is 20.6 Å². The molecule has 1 aromatic carbocycles. The highest BCUT2D eigenvalue weighted by Gasteiger charge is 2.15. The summed E-state index contributed by atoms with van der Waals surface area (Å²) in [4.78, 5) is 0.310. The normalized spacial score (nSPS) is 13.3. The summed E-state index contributed by atoms with van der Waals surface area (Å²) in [5.74, 6) is 0.575. The lowest BCUT2D eigenvalue weighted by atomic mass is 10.3. The van der Waals surface area contributed by atoms with E-state index in [-0.39, 0.29) is 5.75 Å². The minimum Gasteiger partial charge on any atom is -0.383 e. The van der Waals surface area contributed by atoms with Crippen LogP contribution < -0.4 is 5.32 Å². The maximum Gasteiger partial charge on any atom is 0.180 e. The zero-order chi connectivity index (χ0) is 12.9. The van der Waals surface area contributed by atoms with Crippen LogP contribution in [0, 0.1) is 0 Å². The lowest BCUT2D eigenvalue weighted by molar-refractivity contribution is 0.597. The monoisotopic (exact) mass is 275 g/mol. The van der Waals surface area contributed by atoms with Crippen molar-refractivity contribution < 1.29 is 12.6 Å². The highest BCUT2D eigenvalue weighted by Crippen LogP contribution is 2.21. The molecule has 0 amide bonds. The molecule has 0 radical (unpaired) electrons. The van der Waals surface area contributed by atoms with Gasteiger partial charge in [-0.15, -0.1) is 0 Å². The molecule has 0 aliphatic heterocycles. The van der Waals surface area contributed by atoms with Crippen LogP contribution in [-0.4, -0.2) is 36.9 Å². The van der Waals surface area contributed by atoms with Gasteiger partial charge in [0.15, 0.2) is 9.84 Å². The van der Waals surface area contributed by atoms with Crippen LogP contribution >= 0.6 is 0 Å². The van der Waals surface area contributed by atoms with Crippen molar-refractivity contribution in [3.63, 3.8) is 0 Å². The van der Waals surface area contributed by atoms with Gasteiger partial charge in [-0.2, -0.15) is 0 Å². The van der Waals surface area contributed by atoms with E-state index in [1.54, 1.807) is 37.4 Å². The smallest absolute Gasteiger partial charge is 0.180 e. The maximum atomic E-state index is 11.8. The molecule has 1 aromatic rings. The van der Waals surface area contributed by atoms with E-state index >= 15 is 0 Å². The van der Waals surface area contributed by atoms with Crippen LogP contribution in [0.5, 0.6) is 0 Å². The molecule has 96 valence electrons. The van der Waals surface area contributed by atoms with E-state index in [1.807, 2.05) is 0 Å². The van der Waals surface area contributed by atoms with E-state index in [4.69, 9.17) is 0 Å². The van der Waals surface area contributed by atoms with E-state index in [0.29, 0.717) is 22.9 Å². The van der Waals surface area contributed by atoms with Crippen LogP contribution in [0.1, 0.15) is 6.92 Å². The van der Waals surface area contributed by atoms with E-state index in [9.17, 15) is 12.6 Å². The Labute approximate surface area is 105 Å². The van der Waals surface area contributed by atoms with Crippen molar-refractivity contribution in [3.05, 3.63) is 24.3 Å². The van der Waals surface area contributed by atoms with Gasteiger partial charge in [0.1, 0.15) is 0 Å². The minimum atomic E-state index is -3.22. The SMILES string of the molecule is CCS(=O)(=O)c1ccccc1NCCS(C)=O. The van der Waals surface area contributed by atoms with Crippen LogP contribution in [0.15, 0.2) is 29.2 Å². The second kappa shape index (κ2) is 6.16. The van der Waals surface area contributed by atoms with Crippen molar-refractivity contribution in [2.75, 3.05) is 29.6 Å². The Morgan fingerprint density at radius 2 is 1.94 bits per heavy atom. The molecule has 6 heteroatoms. The topological polar surface area (TPSA) is 63.2 Å². The first-order chi connectivity index (χ1) is 7.97. The van der Waals surface area contributed by atoms with E-state index in [1.165, 1.54) is 0 Å². The molecule has 17 heavy (non-hydrogen) atoms. The summed E-state index contributed by atoms with van der Waals surface area (Å²) in [6.07, 6.45) is 1.62. The molecule has 0 spiro atoms. The number of para-hydroxylation sites is 1. The summed E-state index contributed by atoms with van der Waals surface area (Å²) >= 11 is 0. The number of hydrogen-bond acceptors (Lipinski definition) is 4. The van der Waals surface area contributed by atoms with Crippen molar-refractivity contribution in [3.8, 4) is 0 Å². The fourth-order valence-electron chi connectivity index (χ4n) is 1.37. The Kier molecular flexibility index (Phi) is 5.14. The number of anilines is 1. The molecule has 0 aliphatic carbocycles. The molecule has 0 aliphatic rings. The molecular formula is C11H17NO3S2. The summed E-state index contributed by atoms with van der Waals surface area (Å²) in [7, 11) is -4.10. The maximum absolute atomic E-state index is 11.8. The number of hydrogen-bond donors (Lipinski definition) is 1. The molecule has 1 N–H and O–H groups in total. The minimum absolute atomic E-state index is 0.0748. The van der Waals surface area contributed by atoms with Crippen molar-refractivity contribution in [2.45, 2.75) is 11.8 Å². The summed E-state index contributed by atoms with van der Waals surface area (Å²) in [6.45, 7) is 2.12. The fourth-order valence-corrected chi connectivity index (χ4v) is 2.83. The Morgan fingerprint density at radius 1 is 1.29 bits per heavy atom. The molecule has 1 rings (SSSR count). The van der Waals surface area contributed by atoms with Gasteiger partial charge in [-0.1, -0.05) is 19.1 Å². The molecule has 1 unspecified atom stereocenters. The van der Waals surface area contributed by atoms with Gasteiger partial charge in [0.05, 0.1) is 16.3 Å². The van der Waals surface area contributed by atoms with E-state index in [2.05, 4.69) is 5.32 Å². The predicted molar refractivity (Wildman–Crippen MR) is 71.6 cm³/mol. The molecular weight excluding hydrogens is 258 g/mol. The first kappa shape index (κ1) is 14.2. The third-order valence-corrected chi connectivity index (χ3v) is 4.87. The van der Waals surface area contributed by atoms with Crippen molar-refractivity contribution in [1.82, 2.24) is 0 Å². The Balaban J connectivity index is 2.89. The summed E-state index contributed by atoms with van der Waals surface area (Å²) in [5.41, 5.74) is 0.583. The number of benzene rings is 1. The van der Waals surface area contributed by atoms with E-state index in [0.717, 1.165) is 0 Å². The third-order valence-electron chi connectivity index (χ3n) is 2.31. The van der Waals surface area contributed by atoms with Crippen LogP contribution in [-0.2, 0) is 20.6 Å². The highest BCUT2D eigenvalue weighted by molar-refractivity contribution is 7.91. The largest absolute Gasteiger partial charge is 0.383 e. The Hall–Kier alpha value is -0.880. The average Bonchev–Trinajstić information content (AvgIpc) is 2.29. The van der Waals surface area contributed by atoms with Crippen LogP contribution in [0.2, 0.25) is 0 Å². The third kappa shape index (κ3) is 4.12. The Morgan fingerprint density at radius 3 is 2.53 bits per heavy atom. The van der Waals surface area contributed by atoms with Crippen molar-refractivity contribution >= 4 is 26.3 Å². The van der Waals surface area contributed by atoms with Crippen LogP contribution in [0.3, 0.4) is 0 Å². The van der Waals surface area contributed by atoms with Gasteiger partial charge in [0.2, 0.25) is 0 Å². The van der Waals surface area contributed by atoms with Gasteiger partial charge < -0.3 is 5.32 Å². The zero-order valence-electron chi connectivity index (χ0n) is 9.97. The first-order valence-electron chi connectivity index (χ1n) is 5.33.